The summed E-state index contributed by atoms with van der Waals surface area (Å²) in [5.41, 5.74) is -3.50. The lowest BCUT2D eigenvalue weighted by molar-refractivity contribution is -0.328. The van der Waals surface area contributed by atoms with Gasteiger partial charge in [-0.05, 0) is 87.0 Å². The van der Waals surface area contributed by atoms with Crippen LogP contribution < -0.4 is 0 Å². The van der Waals surface area contributed by atoms with Gasteiger partial charge in [0.25, 0.3) is 0 Å². The molecule has 0 aromatic carbocycles. The van der Waals surface area contributed by atoms with Gasteiger partial charge in [-0.15, -0.1) is 0 Å². The van der Waals surface area contributed by atoms with E-state index in [0.29, 0.717) is 35.9 Å². The van der Waals surface area contributed by atoms with Gasteiger partial charge in [-0.25, -0.2) is 0 Å². The number of aliphatic hydroxyl groups is 3. The molecule has 3 N–H and O–H groups in total. The van der Waals surface area contributed by atoms with Crippen molar-refractivity contribution in [1.29, 1.82) is 0 Å². The maximum Gasteiger partial charge on any atom is 0.186 e. The normalized spacial score (nSPS) is 61.9. The Bertz CT molecular complexity index is 957. The SMILES string of the molecule is CC(C1CC(C)(O)C(C)(O)C(O)O1)C1CCC2C3C4OC4C4(C)CC=CC(=O)C4(C)C3CCC12C. The van der Waals surface area contributed by atoms with Crippen LogP contribution in [0.25, 0.3) is 0 Å². The van der Waals surface area contributed by atoms with Crippen molar-refractivity contribution in [3.8, 4) is 0 Å². The van der Waals surface area contributed by atoms with Crippen LogP contribution in [0.15, 0.2) is 12.2 Å². The largest absolute Gasteiger partial charge is 0.387 e. The molecular formula is C29H44O6. The lowest BCUT2D eigenvalue weighted by atomic mass is 9.41. The van der Waals surface area contributed by atoms with Gasteiger partial charge in [0.2, 0.25) is 0 Å². The molecule has 5 fully saturated rings. The minimum atomic E-state index is -1.70. The molecule has 6 rings (SSSR count). The van der Waals surface area contributed by atoms with Crippen LogP contribution in [0.2, 0.25) is 0 Å². The van der Waals surface area contributed by atoms with E-state index in [-0.39, 0.29) is 40.5 Å². The first-order valence-electron chi connectivity index (χ1n) is 13.8. The third kappa shape index (κ3) is 2.87. The molecule has 2 heterocycles. The van der Waals surface area contributed by atoms with E-state index in [1.807, 2.05) is 6.08 Å². The van der Waals surface area contributed by atoms with Crippen LogP contribution in [-0.2, 0) is 14.3 Å². The molecule has 0 bridgehead atoms. The Balaban J connectivity index is 1.28. The predicted octanol–water partition coefficient (Wildman–Crippen LogP) is 3.61. The average molecular weight is 489 g/mol. The molecule has 0 spiro atoms. The number of epoxide rings is 1. The Morgan fingerprint density at radius 1 is 1.03 bits per heavy atom. The molecule has 0 aromatic rings. The third-order valence-corrected chi connectivity index (χ3v) is 12.9. The van der Waals surface area contributed by atoms with E-state index in [9.17, 15) is 20.1 Å². The van der Waals surface area contributed by atoms with Gasteiger partial charge in [0.15, 0.2) is 12.1 Å². The van der Waals surface area contributed by atoms with E-state index in [1.54, 1.807) is 6.92 Å². The first-order chi connectivity index (χ1) is 16.2. The van der Waals surface area contributed by atoms with Crippen molar-refractivity contribution in [2.24, 2.45) is 45.8 Å². The topological polar surface area (TPSA) is 99.5 Å². The number of rotatable bonds is 2. The van der Waals surface area contributed by atoms with Crippen LogP contribution in [0.1, 0.15) is 80.1 Å². The summed E-state index contributed by atoms with van der Waals surface area (Å²) in [4.78, 5) is 13.4. The molecule has 196 valence electrons. The van der Waals surface area contributed by atoms with Crippen molar-refractivity contribution in [3.05, 3.63) is 12.2 Å². The van der Waals surface area contributed by atoms with Crippen molar-refractivity contribution < 1.29 is 29.6 Å². The number of ketones is 1. The predicted molar refractivity (Wildman–Crippen MR) is 130 cm³/mol. The number of aliphatic hydroxyl groups excluding tert-OH is 1. The minimum absolute atomic E-state index is 0.106. The highest BCUT2D eigenvalue weighted by Crippen LogP contribution is 2.74. The van der Waals surface area contributed by atoms with E-state index in [1.165, 1.54) is 6.92 Å². The van der Waals surface area contributed by atoms with Crippen molar-refractivity contribution in [2.45, 2.75) is 116 Å². The lowest BCUT2D eigenvalue weighted by Crippen LogP contribution is -2.65. The first-order valence-corrected chi connectivity index (χ1v) is 13.8. The number of ether oxygens (including phenoxy) is 2. The van der Waals surface area contributed by atoms with Crippen molar-refractivity contribution in [3.63, 3.8) is 0 Å². The molecule has 35 heavy (non-hydrogen) atoms. The van der Waals surface area contributed by atoms with Crippen LogP contribution >= 0.6 is 0 Å². The zero-order valence-corrected chi connectivity index (χ0v) is 22.2. The monoisotopic (exact) mass is 488 g/mol. The van der Waals surface area contributed by atoms with Crippen LogP contribution in [0.4, 0.5) is 0 Å². The van der Waals surface area contributed by atoms with E-state index in [0.717, 1.165) is 32.1 Å². The van der Waals surface area contributed by atoms with E-state index in [4.69, 9.17) is 9.47 Å². The fraction of sp³-hybridized carbons (Fsp3) is 0.897. The summed E-state index contributed by atoms with van der Waals surface area (Å²) in [6, 6.07) is 0. The molecule has 0 aromatic heterocycles. The van der Waals surface area contributed by atoms with Crippen LogP contribution in [0.3, 0.4) is 0 Å². The van der Waals surface area contributed by atoms with Gasteiger partial charge in [0.05, 0.1) is 23.9 Å². The van der Waals surface area contributed by atoms with Crippen LogP contribution in [0, 0.1) is 45.8 Å². The Hall–Kier alpha value is -0.790. The summed E-state index contributed by atoms with van der Waals surface area (Å²) in [6.45, 7) is 12.2. The first kappa shape index (κ1) is 24.5. The van der Waals surface area contributed by atoms with E-state index in [2.05, 4.69) is 33.8 Å². The van der Waals surface area contributed by atoms with Gasteiger partial charge < -0.3 is 24.8 Å². The molecule has 14 atom stereocenters. The molecule has 2 aliphatic heterocycles. The lowest BCUT2D eigenvalue weighted by Gasteiger charge is -2.61. The standard InChI is InChI=1S/C29H44O6/c1-15(19-14-27(4,32)29(6,33)24(31)34-19)16-9-10-17-21-18(11-13-25(16,17)2)28(5)20(30)8-7-12-26(28,3)23-22(21)35-23/h7-8,15-19,21-24,31-33H,9-14H2,1-6H3. The zero-order valence-electron chi connectivity index (χ0n) is 22.2. The molecule has 6 aliphatic rings. The van der Waals surface area contributed by atoms with Crippen LogP contribution in [0.5, 0.6) is 0 Å². The number of fused-ring (bicyclic) bond motifs is 8. The number of hydrogen-bond acceptors (Lipinski definition) is 6. The zero-order chi connectivity index (χ0) is 25.3. The van der Waals surface area contributed by atoms with Gasteiger partial charge in [0.1, 0.15) is 5.60 Å². The van der Waals surface area contributed by atoms with Gasteiger partial charge in [-0.3, -0.25) is 4.79 Å². The molecule has 0 amide bonds. The highest BCUT2D eigenvalue weighted by molar-refractivity contribution is 5.97. The molecule has 0 radical (unpaired) electrons. The maximum atomic E-state index is 13.4. The second-order valence-electron chi connectivity index (χ2n) is 14.1. The van der Waals surface area contributed by atoms with E-state index >= 15 is 0 Å². The summed E-state index contributed by atoms with van der Waals surface area (Å²) in [5.74, 6) is 2.08. The molecule has 2 saturated heterocycles. The Kier molecular flexibility index (Phi) is 5.04. The fourth-order valence-electron chi connectivity index (χ4n) is 10.0. The summed E-state index contributed by atoms with van der Waals surface area (Å²) < 4.78 is 12.4. The summed E-state index contributed by atoms with van der Waals surface area (Å²) >= 11 is 0. The smallest absolute Gasteiger partial charge is 0.186 e. The van der Waals surface area contributed by atoms with Gasteiger partial charge in [-0.1, -0.05) is 33.8 Å². The minimum Gasteiger partial charge on any atom is -0.387 e. The average Bonchev–Trinajstić information content (AvgIpc) is 3.50. The Morgan fingerprint density at radius 2 is 1.74 bits per heavy atom. The van der Waals surface area contributed by atoms with Gasteiger partial charge in [-0.2, -0.15) is 0 Å². The molecule has 14 unspecified atom stereocenters. The summed E-state index contributed by atoms with van der Waals surface area (Å²) in [7, 11) is 0. The molecule has 3 saturated carbocycles. The Morgan fingerprint density at radius 3 is 2.43 bits per heavy atom. The molecule has 6 heteroatoms. The second kappa shape index (κ2) is 7.19. The Labute approximate surface area is 209 Å². The maximum absolute atomic E-state index is 13.4. The van der Waals surface area contributed by atoms with Gasteiger partial charge >= 0.3 is 0 Å². The van der Waals surface area contributed by atoms with Gasteiger partial charge in [0, 0.05) is 17.3 Å². The summed E-state index contributed by atoms with van der Waals surface area (Å²) in [5, 5.41) is 32.1. The quantitative estimate of drug-likeness (QED) is 0.514. The van der Waals surface area contributed by atoms with Crippen molar-refractivity contribution in [1.82, 2.24) is 0 Å². The molecular weight excluding hydrogens is 444 g/mol. The van der Waals surface area contributed by atoms with Crippen LogP contribution in [-0.4, -0.2) is 56.9 Å². The number of carbonyl (C=O) groups is 1. The number of carbonyl (C=O) groups excluding carboxylic acids is 1. The number of hydrogen-bond donors (Lipinski definition) is 3. The third-order valence-electron chi connectivity index (χ3n) is 12.9. The van der Waals surface area contributed by atoms with E-state index < -0.39 is 17.5 Å². The highest BCUT2D eigenvalue weighted by atomic mass is 16.6. The fourth-order valence-corrected chi connectivity index (χ4v) is 10.0. The second-order valence-corrected chi connectivity index (χ2v) is 14.1. The van der Waals surface area contributed by atoms with Crippen molar-refractivity contribution >= 4 is 5.78 Å². The summed E-state index contributed by atoms with van der Waals surface area (Å²) in [6.07, 6.45) is 8.15. The highest BCUT2D eigenvalue weighted by Gasteiger charge is 2.76. The van der Waals surface area contributed by atoms with Crippen molar-refractivity contribution in [2.75, 3.05) is 0 Å². The molecule has 4 aliphatic carbocycles. The molecule has 6 nitrogen and oxygen atoms in total. The number of allylic oxidation sites excluding steroid dienone is 2.